The molecule has 1 aromatic heterocycles. The number of aryl methyl sites for hydroxylation is 1. The molecule has 2 rings (SSSR count). The Labute approximate surface area is 115 Å². The number of nitrogens with zero attached hydrogens (tertiary/aromatic N) is 3. The predicted octanol–water partition coefficient (Wildman–Crippen LogP) is 0.692. The zero-order valence-electron chi connectivity index (χ0n) is 11.0. The Morgan fingerprint density at radius 3 is 2.80 bits per heavy atom. The molecule has 0 saturated heterocycles. The van der Waals surface area contributed by atoms with Gasteiger partial charge in [0.05, 0.1) is 0 Å². The first kappa shape index (κ1) is 14.0. The van der Waals surface area contributed by atoms with Gasteiger partial charge in [0, 0.05) is 20.0 Å². The van der Waals surface area contributed by atoms with E-state index in [9.17, 15) is 9.18 Å². The lowest BCUT2D eigenvalue weighted by Gasteiger charge is -2.07. The van der Waals surface area contributed by atoms with Crippen LogP contribution in [0.5, 0.6) is 5.75 Å². The molecular weight excluding hydrogens is 263 g/mol. The van der Waals surface area contributed by atoms with Crippen LogP contribution in [0.3, 0.4) is 0 Å². The van der Waals surface area contributed by atoms with Gasteiger partial charge in [-0.15, -0.1) is 0 Å². The highest BCUT2D eigenvalue weighted by molar-refractivity contribution is 5.77. The Balaban J connectivity index is 1.68. The molecule has 106 valence electrons. The molecule has 0 atom stereocenters. The van der Waals surface area contributed by atoms with Crippen LogP contribution in [0, 0.1) is 5.82 Å². The molecule has 0 aliphatic rings. The second-order valence-electron chi connectivity index (χ2n) is 4.14. The average Bonchev–Trinajstić information content (AvgIpc) is 2.84. The third kappa shape index (κ3) is 4.04. The summed E-state index contributed by atoms with van der Waals surface area (Å²) in [6.45, 7) is 0.350. The largest absolute Gasteiger partial charge is 0.484 e. The number of aromatic nitrogens is 3. The van der Waals surface area contributed by atoms with Crippen LogP contribution in [0.15, 0.2) is 30.6 Å². The lowest BCUT2D eigenvalue weighted by molar-refractivity contribution is -0.123. The van der Waals surface area contributed by atoms with E-state index in [0.717, 1.165) is 5.82 Å². The Hall–Kier alpha value is -2.44. The molecule has 1 heterocycles. The van der Waals surface area contributed by atoms with Crippen molar-refractivity contribution in [3.63, 3.8) is 0 Å². The Morgan fingerprint density at radius 1 is 1.40 bits per heavy atom. The maximum absolute atomic E-state index is 12.7. The van der Waals surface area contributed by atoms with E-state index in [1.54, 1.807) is 11.7 Å². The maximum Gasteiger partial charge on any atom is 0.257 e. The molecule has 0 aliphatic carbocycles. The van der Waals surface area contributed by atoms with Gasteiger partial charge in [0.1, 0.15) is 23.7 Å². The molecular formula is C13H15FN4O2. The normalized spacial score (nSPS) is 10.3. The van der Waals surface area contributed by atoms with Crippen molar-refractivity contribution in [3.05, 3.63) is 42.2 Å². The van der Waals surface area contributed by atoms with Crippen molar-refractivity contribution in [2.45, 2.75) is 6.42 Å². The first-order valence-corrected chi connectivity index (χ1v) is 6.13. The Kier molecular flexibility index (Phi) is 4.65. The molecule has 1 amide bonds. The zero-order valence-corrected chi connectivity index (χ0v) is 11.0. The van der Waals surface area contributed by atoms with E-state index >= 15 is 0 Å². The van der Waals surface area contributed by atoms with Gasteiger partial charge in [-0.2, -0.15) is 5.10 Å². The fraction of sp³-hybridized carbons (Fsp3) is 0.308. The number of amides is 1. The molecule has 0 radical (unpaired) electrons. The van der Waals surface area contributed by atoms with E-state index in [1.165, 1.54) is 30.6 Å². The molecule has 0 bridgehead atoms. The maximum atomic E-state index is 12.7. The topological polar surface area (TPSA) is 69.0 Å². The van der Waals surface area contributed by atoms with Crippen molar-refractivity contribution in [3.8, 4) is 5.75 Å². The molecule has 1 aromatic carbocycles. The van der Waals surface area contributed by atoms with Gasteiger partial charge in [0.15, 0.2) is 6.61 Å². The van der Waals surface area contributed by atoms with Gasteiger partial charge in [-0.3, -0.25) is 9.48 Å². The summed E-state index contributed by atoms with van der Waals surface area (Å²) in [5, 5.41) is 6.65. The number of halogens is 1. The van der Waals surface area contributed by atoms with Crippen LogP contribution >= 0.6 is 0 Å². The van der Waals surface area contributed by atoms with E-state index in [2.05, 4.69) is 15.4 Å². The summed E-state index contributed by atoms with van der Waals surface area (Å²) < 4.78 is 19.5. The summed E-state index contributed by atoms with van der Waals surface area (Å²) in [4.78, 5) is 15.6. The minimum Gasteiger partial charge on any atom is -0.484 e. The van der Waals surface area contributed by atoms with Gasteiger partial charge < -0.3 is 10.1 Å². The summed E-state index contributed by atoms with van der Waals surface area (Å²) >= 11 is 0. The van der Waals surface area contributed by atoms with E-state index < -0.39 is 0 Å². The standard InChI is InChI=1S/C13H15FN4O2/c1-18-12(16-9-17-18)6-7-15-13(19)8-20-11-4-2-10(14)3-5-11/h2-5,9H,6-8H2,1H3,(H,15,19). The minimum absolute atomic E-state index is 0.107. The molecule has 0 spiro atoms. The van der Waals surface area contributed by atoms with Crippen LogP contribution in [-0.4, -0.2) is 33.8 Å². The van der Waals surface area contributed by atoms with Crippen LogP contribution in [0.4, 0.5) is 4.39 Å². The predicted molar refractivity (Wildman–Crippen MR) is 69.6 cm³/mol. The summed E-state index contributed by atoms with van der Waals surface area (Å²) in [5.74, 6) is 0.668. The van der Waals surface area contributed by atoms with Gasteiger partial charge in [0.25, 0.3) is 5.91 Å². The third-order valence-corrected chi connectivity index (χ3v) is 2.66. The summed E-state index contributed by atoms with van der Waals surface area (Å²) in [5.41, 5.74) is 0. The van der Waals surface area contributed by atoms with Gasteiger partial charge in [-0.05, 0) is 24.3 Å². The number of benzene rings is 1. The lowest BCUT2D eigenvalue weighted by Crippen LogP contribution is -2.31. The molecule has 2 aromatic rings. The highest BCUT2D eigenvalue weighted by Gasteiger charge is 2.04. The Morgan fingerprint density at radius 2 is 2.15 bits per heavy atom. The number of hydrogen-bond donors (Lipinski definition) is 1. The number of ether oxygens (including phenoxy) is 1. The van der Waals surface area contributed by atoms with E-state index in [1.807, 2.05) is 0 Å². The highest BCUT2D eigenvalue weighted by Crippen LogP contribution is 2.10. The minimum atomic E-state index is -0.342. The van der Waals surface area contributed by atoms with E-state index in [4.69, 9.17) is 4.74 Å². The molecule has 0 saturated carbocycles. The van der Waals surface area contributed by atoms with Crippen molar-refractivity contribution in [1.29, 1.82) is 0 Å². The van der Waals surface area contributed by atoms with Crippen molar-refractivity contribution >= 4 is 5.91 Å². The van der Waals surface area contributed by atoms with Crippen molar-refractivity contribution in [2.24, 2.45) is 7.05 Å². The number of carbonyl (C=O) groups is 1. The molecule has 0 unspecified atom stereocenters. The average molecular weight is 278 g/mol. The second-order valence-corrected chi connectivity index (χ2v) is 4.14. The molecule has 7 heteroatoms. The molecule has 0 fully saturated rings. The fourth-order valence-corrected chi connectivity index (χ4v) is 1.59. The second kappa shape index (κ2) is 6.65. The first-order chi connectivity index (χ1) is 9.65. The van der Waals surface area contributed by atoms with Gasteiger partial charge in [-0.1, -0.05) is 0 Å². The van der Waals surface area contributed by atoms with Crippen LogP contribution in [-0.2, 0) is 18.3 Å². The van der Waals surface area contributed by atoms with Gasteiger partial charge in [0.2, 0.25) is 0 Å². The fourth-order valence-electron chi connectivity index (χ4n) is 1.59. The lowest BCUT2D eigenvalue weighted by atomic mass is 10.3. The van der Waals surface area contributed by atoms with Gasteiger partial charge >= 0.3 is 0 Å². The number of nitrogens with one attached hydrogen (secondary N) is 1. The van der Waals surface area contributed by atoms with Crippen molar-refractivity contribution in [1.82, 2.24) is 20.1 Å². The SMILES string of the molecule is Cn1ncnc1CCNC(=O)COc1ccc(F)cc1. The highest BCUT2D eigenvalue weighted by atomic mass is 19.1. The quantitative estimate of drug-likeness (QED) is 0.844. The number of rotatable bonds is 6. The van der Waals surface area contributed by atoms with Crippen LogP contribution < -0.4 is 10.1 Å². The smallest absolute Gasteiger partial charge is 0.257 e. The van der Waals surface area contributed by atoms with Crippen molar-refractivity contribution in [2.75, 3.05) is 13.2 Å². The summed E-state index contributed by atoms with van der Waals surface area (Å²) in [6.07, 6.45) is 2.06. The monoisotopic (exact) mass is 278 g/mol. The third-order valence-electron chi connectivity index (χ3n) is 2.66. The first-order valence-electron chi connectivity index (χ1n) is 6.13. The summed E-state index contributed by atoms with van der Waals surface area (Å²) in [6, 6.07) is 5.51. The zero-order chi connectivity index (χ0) is 14.4. The number of carbonyl (C=O) groups excluding carboxylic acids is 1. The molecule has 20 heavy (non-hydrogen) atoms. The van der Waals surface area contributed by atoms with Crippen molar-refractivity contribution < 1.29 is 13.9 Å². The molecule has 1 N–H and O–H groups in total. The number of hydrogen-bond acceptors (Lipinski definition) is 4. The van der Waals surface area contributed by atoms with Gasteiger partial charge in [-0.25, -0.2) is 9.37 Å². The Bertz CT molecular complexity index is 568. The van der Waals surface area contributed by atoms with Crippen LogP contribution in [0.2, 0.25) is 0 Å². The van der Waals surface area contributed by atoms with Crippen LogP contribution in [0.25, 0.3) is 0 Å². The molecule has 0 aliphatic heterocycles. The van der Waals surface area contributed by atoms with E-state index in [0.29, 0.717) is 18.7 Å². The molecule has 6 nitrogen and oxygen atoms in total. The van der Waals surface area contributed by atoms with E-state index in [-0.39, 0.29) is 18.3 Å². The van der Waals surface area contributed by atoms with Crippen LogP contribution in [0.1, 0.15) is 5.82 Å². The summed E-state index contributed by atoms with van der Waals surface area (Å²) in [7, 11) is 1.79.